The lowest BCUT2D eigenvalue weighted by molar-refractivity contribution is 0.0733. The predicted octanol–water partition coefficient (Wildman–Crippen LogP) is 4.47. The third-order valence-electron chi connectivity index (χ3n) is 5.05. The summed E-state index contributed by atoms with van der Waals surface area (Å²) in [4.78, 5) is 19.3. The van der Waals surface area contributed by atoms with Crippen molar-refractivity contribution in [3.63, 3.8) is 0 Å². The molecule has 1 fully saturated rings. The fraction of sp³-hybridized carbons (Fsp3) is 0.286. The molecule has 1 aliphatic rings. The molecule has 1 aromatic carbocycles. The summed E-state index contributed by atoms with van der Waals surface area (Å²) in [5.41, 5.74) is 4.09. The van der Waals surface area contributed by atoms with Gasteiger partial charge in [0.15, 0.2) is 0 Å². The van der Waals surface area contributed by atoms with E-state index in [9.17, 15) is 9.18 Å². The van der Waals surface area contributed by atoms with E-state index in [1.165, 1.54) is 24.3 Å². The van der Waals surface area contributed by atoms with Crippen molar-refractivity contribution in [2.24, 2.45) is 0 Å². The molecule has 2 aromatic heterocycles. The standard InChI is InChI=1S/C21H20FN3O2/c1-13-20(14(2)27-24-13)16-7-10-18(23-12-16)19-4-3-11-25(19)21(26)15-5-8-17(22)9-6-15/h5-10,12,19H,3-4,11H2,1-2H3/t19-/m1/s1. The Morgan fingerprint density at radius 2 is 1.96 bits per heavy atom. The first-order valence-corrected chi connectivity index (χ1v) is 9.00. The Morgan fingerprint density at radius 1 is 1.19 bits per heavy atom. The molecule has 0 bridgehead atoms. The van der Waals surface area contributed by atoms with E-state index in [1.54, 1.807) is 6.20 Å². The van der Waals surface area contributed by atoms with Crippen LogP contribution in [0.3, 0.4) is 0 Å². The molecular formula is C21H20FN3O2. The molecule has 3 heterocycles. The van der Waals surface area contributed by atoms with E-state index in [0.29, 0.717) is 12.1 Å². The summed E-state index contributed by atoms with van der Waals surface area (Å²) in [6.45, 7) is 4.46. The molecule has 0 spiro atoms. The Labute approximate surface area is 156 Å². The highest BCUT2D eigenvalue weighted by atomic mass is 19.1. The van der Waals surface area contributed by atoms with Crippen LogP contribution in [-0.4, -0.2) is 27.5 Å². The Morgan fingerprint density at radius 3 is 2.59 bits per heavy atom. The maximum absolute atomic E-state index is 13.1. The average Bonchev–Trinajstić information content (AvgIpc) is 3.29. The molecule has 4 rings (SSSR count). The molecule has 0 radical (unpaired) electrons. The lowest BCUT2D eigenvalue weighted by Crippen LogP contribution is -2.31. The van der Waals surface area contributed by atoms with Gasteiger partial charge in [0, 0.05) is 29.4 Å². The highest BCUT2D eigenvalue weighted by Crippen LogP contribution is 2.33. The summed E-state index contributed by atoms with van der Waals surface area (Å²) >= 11 is 0. The topological polar surface area (TPSA) is 59.2 Å². The van der Waals surface area contributed by atoms with Gasteiger partial charge >= 0.3 is 0 Å². The minimum atomic E-state index is -0.346. The van der Waals surface area contributed by atoms with E-state index in [-0.39, 0.29) is 17.8 Å². The van der Waals surface area contributed by atoms with Crippen LogP contribution in [-0.2, 0) is 0 Å². The first-order chi connectivity index (χ1) is 13.0. The molecule has 0 N–H and O–H groups in total. The second-order valence-corrected chi connectivity index (χ2v) is 6.83. The van der Waals surface area contributed by atoms with E-state index < -0.39 is 0 Å². The van der Waals surface area contributed by atoms with Gasteiger partial charge in [-0.1, -0.05) is 11.2 Å². The summed E-state index contributed by atoms with van der Waals surface area (Å²) < 4.78 is 18.4. The Hall–Kier alpha value is -3.02. The van der Waals surface area contributed by atoms with Gasteiger partial charge in [-0.15, -0.1) is 0 Å². The summed E-state index contributed by atoms with van der Waals surface area (Å²) in [6, 6.07) is 9.57. The number of carbonyl (C=O) groups excluding carboxylic acids is 1. The second-order valence-electron chi connectivity index (χ2n) is 6.83. The number of hydrogen-bond acceptors (Lipinski definition) is 4. The van der Waals surface area contributed by atoms with E-state index >= 15 is 0 Å². The zero-order chi connectivity index (χ0) is 19.0. The van der Waals surface area contributed by atoms with Crippen LogP contribution in [0.5, 0.6) is 0 Å². The van der Waals surface area contributed by atoms with Gasteiger partial charge < -0.3 is 9.42 Å². The monoisotopic (exact) mass is 365 g/mol. The molecule has 138 valence electrons. The summed E-state index contributed by atoms with van der Waals surface area (Å²) in [5, 5.41) is 3.99. The van der Waals surface area contributed by atoms with Crippen molar-refractivity contribution in [1.82, 2.24) is 15.0 Å². The minimum absolute atomic E-state index is 0.0683. The molecule has 0 unspecified atom stereocenters. The van der Waals surface area contributed by atoms with Gasteiger partial charge in [-0.05, 0) is 57.0 Å². The molecule has 1 atom stereocenters. The van der Waals surface area contributed by atoms with Crippen molar-refractivity contribution in [2.75, 3.05) is 6.54 Å². The third-order valence-corrected chi connectivity index (χ3v) is 5.05. The number of pyridine rings is 1. The van der Waals surface area contributed by atoms with E-state index in [0.717, 1.165) is 41.1 Å². The summed E-state index contributed by atoms with van der Waals surface area (Å²) in [6.07, 6.45) is 3.59. The first-order valence-electron chi connectivity index (χ1n) is 9.00. The molecule has 0 saturated carbocycles. The quantitative estimate of drug-likeness (QED) is 0.687. The normalized spacial score (nSPS) is 16.7. The lowest BCUT2D eigenvalue weighted by atomic mass is 10.0. The van der Waals surface area contributed by atoms with Crippen molar-refractivity contribution >= 4 is 5.91 Å². The zero-order valence-corrected chi connectivity index (χ0v) is 15.3. The van der Waals surface area contributed by atoms with Crippen molar-refractivity contribution < 1.29 is 13.7 Å². The smallest absolute Gasteiger partial charge is 0.254 e. The minimum Gasteiger partial charge on any atom is -0.361 e. The number of aryl methyl sites for hydroxylation is 2. The Kier molecular flexibility index (Phi) is 4.48. The van der Waals surface area contributed by atoms with Crippen LogP contribution in [0.15, 0.2) is 47.1 Å². The molecule has 1 amide bonds. The van der Waals surface area contributed by atoms with Gasteiger partial charge in [-0.3, -0.25) is 9.78 Å². The van der Waals surface area contributed by atoms with Gasteiger partial charge in [0.1, 0.15) is 11.6 Å². The number of likely N-dealkylation sites (tertiary alicyclic amines) is 1. The maximum atomic E-state index is 13.1. The molecular weight excluding hydrogens is 345 g/mol. The van der Waals surface area contributed by atoms with Gasteiger partial charge in [0.2, 0.25) is 0 Å². The van der Waals surface area contributed by atoms with Crippen LogP contribution in [0.1, 0.15) is 46.4 Å². The number of rotatable bonds is 3. The van der Waals surface area contributed by atoms with Crippen molar-refractivity contribution in [3.8, 4) is 11.1 Å². The molecule has 1 saturated heterocycles. The molecule has 1 aliphatic heterocycles. The molecule has 5 nitrogen and oxygen atoms in total. The number of aromatic nitrogens is 2. The first kappa shape index (κ1) is 17.4. The van der Waals surface area contributed by atoms with Crippen LogP contribution in [0.4, 0.5) is 4.39 Å². The number of carbonyl (C=O) groups is 1. The average molecular weight is 365 g/mol. The number of halogens is 1. The van der Waals surface area contributed by atoms with Gasteiger partial charge in [0.05, 0.1) is 17.4 Å². The predicted molar refractivity (Wildman–Crippen MR) is 98.6 cm³/mol. The van der Waals surface area contributed by atoms with Crippen molar-refractivity contribution in [3.05, 3.63) is 71.1 Å². The number of hydrogen-bond donors (Lipinski definition) is 0. The number of amides is 1. The number of benzene rings is 1. The lowest BCUT2D eigenvalue weighted by Gasteiger charge is -2.24. The summed E-state index contributed by atoms with van der Waals surface area (Å²) in [7, 11) is 0. The molecule has 27 heavy (non-hydrogen) atoms. The van der Waals surface area contributed by atoms with Crippen LogP contribution in [0.25, 0.3) is 11.1 Å². The van der Waals surface area contributed by atoms with E-state index in [2.05, 4.69) is 10.1 Å². The van der Waals surface area contributed by atoms with E-state index in [1.807, 2.05) is 30.9 Å². The molecule has 0 aliphatic carbocycles. The fourth-order valence-electron chi connectivity index (χ4n) is 3.72. The largest absolute Gasteiger partial charge is 0.361 e. The third kappa shape index (κ3) is 3.23. The molecule has 3 aromatic rings. The summed E-state index contributed by atoms with van der Waals surface area (Å²) in [5.74, 6) is 0.325. The van der Waals surface area contributed by atoms with Crippen LogP contribution >= 0.6 is 0 Å². The van der Waals surface area contributed by atoms with Gasteiger partial charge in [-0.2, -0.15) is 0 Å². The van der Waals surface area contributed by atoms with Crippen LogP contribution in [0.2, 0.25) is 0 Å². The van der Waals surface area contributed by atoms with Gasteiger partial charge in [-0.25, -0.2) is 4.39 Å². The molecule has 6 heteroatoms. The highest BCUT2D eigenvalue weighted by Gasteiger charge is 2.31. The van der Waals surface area contributed by atoms with Crippen molar-refractivity contribution in [1.29, 1.82) is 0 Å². The SMILES string of the molecule is Cc1noc(C)c1-c1ccc([C@H]2CCCN2C(=O)c2ccc(F)cc2)nc1. The fourth-order valence-corrected chi connectivity index (χ4v) is 3.72. The zero-order valence-electron chi connectivity index (χ0n) is 15.3. The Bertz CT molecular complexity index is 945. The van der Waals surface area contributed by atoms with Crippen LogP contribution < -0.4 is 0 Å². The Balaban J connectivity index is 1.59. The van der Waals surface area contributed by atoms with Crippen molar-refractivity contribution in [2.45, 2.75) is 32.7 Å². The maximum Gasteiger partial charge on any atom is 0.254 e. The van der Waals surface area contributed by atoms with Gasteiger partial charge in [0.25, 0.3) is 5.91 Å². The number of nitrogens with zero attached hydrogens (tertiary/aromatic N) is 3. The highest BCUT2D eigenvalue weighted by molar-refractivity contribution is 5.94. The van der Waals surface area contributed by atoms with Crippen LogP contribution in [0, 0.1) is 19.7 Å². The second kappa shape index (κ2) is 6.95. The van der Waals surface area contributed by atoms with E-state index in [4.69, 9.17) is 4.52 Å².